The van der Waals surface area contributed by atoms with Crippen LogP contribution >= 0.6 is 0 Å². The van der Waals surface area contributed by atoms with Crippen LogP contribution in [-0.2, 0) is 4.79 Å². The summed E-state index contributed by atoms with van der Waals surface area (Å²) in [7, 11) is 0. The van der Waals surface area contributed by atoms with Crippen molar-refractivity contribution < 1.29 is 4.79 Å². The third-order valence-corrected chi connectivity index (χ3v) is 4.14. The predicted octanol–water partition coefficient (Wildman–Crippen LogP) is 4.00. The van der Waals surface area contributed by atoms with Gasteiger partial charge in [-0.1, -0.05) is 27.7 Å². The van der Waals surface area contributed by atoms with Crippen molar-refractivity contribution in [1.82, 2.24) is 5.32 Å². The molecule has 2 atom stereocenters. The normalized spacial score (nSPS) is 28.2. The lowest BCUT2D eigenvalue weighted by molar-refractivity contribution is -0.132. The molecule has 0 aromatic heterocycles. The second-order valence-corrected chi connectivity index (χ2v) is 8.16. The largest absolute Gasteiger partial charge is 0.351 e. The summed E-state index contributed by atoms with van der Waals surface area (Å²) in [5, 5.41) is 3.17. The van der Waals surface area contributed by atoms with E-state index in [9.17, 15) is 4.79 Å². The van der Waals surface area contributed by atoms with Crippen LogP contribution in [0.4, 0.5) is 0 Å². The van der Waals surface area contributed by atoms with E-state index in [0.29, 0.717) is 17.3 Å². The standard InChI is InChI=1S/C16H31NO/c1-11(2)12-8-9-16(6,7)10-13(12)14(18)17-15(3,4)5/h11-13H,8-10H2,1-7H3,(H,17,18). The maximum absolute atomic E-state index is 12.5. The van der Waals surface area contributed by atoms with E-state index in [1.54, 1.807) is 0 Å². The lowest BCUT2D eigenvalue weighted by Crippen LogP contribution is -2.48. The van der Waals surface area contributed by atoms with E-state index < -0.39 is 0 Å². The zero-order valence-corrected chi connectivity index (χ0v) is 13.3. The number of carbonyl (C=O) groups excluding carboxylic acids is 1. The van der Waals surface area contributed by atoms with E-state index in [1.807, 2.05) is 0 Å². The summed E-state index contributed by atoms with van der Waals surface area (Å²) >= 11 is 0. The zero-order valence-electron chi connectivity index (χ0n) is 13.3. The van der Waals surface area contributed by atoms with Crippen molar-refractivity contribution in [3.63, 3.8) is 0 Å². The van der Waals surface area contributed by atoms with Crippen LogP contribution in [0.3, 0.4) is 0 Å². The molecule has 1 rings (SSSR count). The fraction of sp³-hybridized carbons (Fsp3) is 0.938. The molecule has 0 spiro atoms. The maximum atomic E-state index is 12.5. The molecule has 1 N–H and O–H groups in total. The molecule has 18 heavy (non-hydrogen) atoms. The van der Waals surface area contributed by atoms with Crippen LogP contribution in [-0.4, -0.2) is 11.4 Å². The van der Waals surface area contributed by atoms with Gasteiger partial charge in [0.15, 0.2) is 0 Å². The summed E-state index contributed by atoms with van der Waals surface area (Å²) in [5.74, 6) is 1.58. The minimum Gasteiger partial charge on any atom is -0.351 e. The second kappa shape index (κ2) is 5.22. The van der Waals surface area contributed by atoms with Crippen LogP contribution in [0.1, 0.15) is 67.7 Å². The van der Waals surface area contributed by atoms with Gasteiger partial charge in [0, 0.05) is 11.5 Å². The zero-order chi connectivity index (χ0) is 14.1. The van der Waals surface area contributed by atoms with Crippen molar-refractivity contribution in [2.75, 3.05) is 0 Å². The Bertz CT molecular complexity index is 299. The van der Waals surface area contributed by atoms with Gasteiger partial charge in [-0.2, -0.15) is 0 Å². The highest BCUT2D eigenvalue weighted by Gasteiger charge is 2.40. The van der Waals surface area contributed by atoms with E-state index in [1.165, 1.54) is 12.8 Å². The summed E-state index contributed by atoms with van der Waals surface area (Å²) in [6, 6.07) is 0. The molecule has 0 aliphatic heterocycles. The minimum atomic E-state index is -0.125. The quantitative estimate of drug-likeness (QED) is 0.792. The summed E-state index contributed by atoms with van der Waals surface area (Å²) in [6.45, 7) is 15.3. The number of rotatable bonds is 2. The molecule has 0 radical (unpaired) electrons. The first-order chi connectivity index (χ1) is 8.02. The lowest BCUT2D eigenvalue weighted by Gasteiger charge is -2.42. The first-order valence-electron chi connectivity index (χ1n) is 7.34. The molecule has 0 bridgehead atoms. The monoisotopic (exact) mass is 253 g/mol. The van der Waals surface area contributed by atoms with E-state index in [0.717, 1.165) is 6.42 Å². The molecule has 1 aliphatic rings. The average molecular weight is 253 g/mol. The van der Waals surface area contributed by atoms with Gasteiger partial charge < -0.3 is 5.32 Å². The molecule has 0 aromatic carbocycles. The number of hydrogen-bond acceptors (Lipinski definition) is 1. The third kappa shape index (κ3) is 4.29. The lowest BCUT2D eigenvalue weighted by atomic mass is 9.64. The Morgan fingerprint density at radius 2 is 1.83 bits per heavy atom. The highest BCUT2D eigenvalue weighted by Crippen LogP contribution is 2.44. The van der Waals surface area contributed by atoms with Crippen LogP contribution in [0.2, 0.25) is 0 Å². The molecule has 1 fully saturated rings. The molecule has 0 aromatic rings. The fourth-order valence-corrected chi connectivity index (χ4v) is 3.15. The SMILES string of the molecule is CC(C)C1CCC(C)(C)CC1C(=O)NC(C)(C)C. The first-order valence-corrected chi connectivity index (χ1v) is 7.34. The first kappa shape index (κ1) is 15.5. The Hall–Kier alpha value is -0.530. The van der Waals surface area contributed by atoms with Gasteiger partial charge in [0.2, 0.25) is 5.91 Å². The number of nitrogens with one attached hydrogen (secondary N) is 1. The van der Waals surface area contributed by atoms with Gasteiger partial charge in [-0.15, -0.1) is 0 Å². The van der Waals surface area contributed by atoms with Gasteiger partial charge in [-0.25, -0.2) is 0 Å². The predicted molar refractivity (Wildman–Crippen MR) is 77.3 cm³/mol. The van der Waals surface area contributed by atoms with Gasteiger partial charge in [0.05, 0.1) is 0 Å². The van der Waals surface area contributed by atoms with Gasteiger partial charge in [-0.05, 0) is 57.3 Å². The number of amides is 1. The van der Waals surface area contributed by atoms with Crippen molar-refractivity contribution in [3.05, 3.63) is 0 Å². The molecule has 2 unspecified atom stereocenters. The van der Waals surface area contributed by atoms with E-state index in [4.69, 9.17) is 0 Å². The van der Waals surface area contributed by atoms with Crippen LogP contribution in [0.5, 0.6) is 0 Å². The molecule has 106 valence electrons. The topological polar surface area (TPSA) is 29.1 Å². The third-order valence-electron chi connectivity index (χ3n) is 4.14. The fourth-order valence-electron chi connectivity index (χ4n) is 3.15. The summed E-state index contributed by atoms with van der Waals surface area (Å²) in [4.78, 5) is 12.5. The Balaban J connectivity index is 2.82. The Kier molecular flexibility index (Phi) is 4.51. The van der Waals surface area contributed by atoms with Gasteiger partial charge in [0.25, 0.3) is 0 Å². The van der Waals surface area contributed by atoms with Crippen molar-refractivity contribution in [3.8, 4) is 0 Å². The molecule has 0 saturated heterocycles. The Labute approximate surface area is 113 Å². The Morgan fingerprint density at radius 3 is 2.28 bits per heavy atom. The van der Waals surface area contributed by atoms with Crippen LogP contribution in [0.15, 0.2) is 0 Å². The summed E-state index contributed by atoms with van der Waals surface area (Å²) < 4.78 is 0. The highest BCUT2D eigenvalue weighted by molar-refractivity contribution is 5.79. The van der Waals surface area contributed by atoms with E-state index in [2.05, 4.69) is 53.8 Å². The maximum Gasteiger partial charge on any atom is 0.223 e. The number of hydrogen-bond donors (Lipinski definition) is 1. The Morgan fingerprint density at radius 1 is 1.28 bits per heavy atom. The number of carbonyl (C=O) groups is 1. The molecule has 1 aliphatic carbocycles. The molecule has 1 amide bonds. The molecular weight excluding hydrogens is 222 g/mol. The van der Waals surface area contributed by atoms with Gasteiger partial charge in [-0.3, -0.25) is 4.79 Å². The van der Waals surface area contributed by atoms with Gasteiger partial charge in [0.1, 0.15) is 0 Å². The van der Waals surface area contributed by atoms with E-state index >= 15 is 0 Å². The minimum absolute atomic E-state index is 0.125. The molecule has 2 heteroatoms. The highest BCUT2D eigenvalue weighted by atomic mass is 16.2. The molecule has 1 saturated carbocycles. The van der Waals surface area contributed by atoms with Crippen LogP contribution in [0, 0.1) is 23.2 Å². The van der Waals surface area contributed by atoms with Gasteiger partial charge >= 0.3 is 0 Å². The summed E-state index contributed by atoms with van der Waals surface area (Å²) in [5.41, 5.74) is 0.186. The van der Waals surface area contributed by atoms with Crippen molar-refractivity contribution in [2.45, 2.75) is 73.3 Å². The average Bonchev–Trinajstić information content (AvgIpc) is 2.12. The summed E-state index contributed by atoms with van der Waals surface area (Å²) in [6.07, 6.45) is 3.46. The van der Waals surface area contributed by atoms with Crippen LogP contribution < -0.4 is 5.32 Å². The smallest absolute Gasteiger partial charge is 0.223 e. The molecule has 0 heterocycles. The molecular formula is C16H31NO. The van der Waals surface area contributed by atoms with Crippen molar-refractivity contribution in [2.24, 2.45) is 23.2 Å². The molecule has 2 nitrogen and oxygen atoms in total. The van der Waals surface area contributed by atoms with Crippen LogP contribution in [0.25, 0.3) is 0 Å². The van der Waals surface area contributed by atoms with E-state index in [-0.39, 0.29) is 17.4 Å². The second-order valence-electron chi connectivity index (χ2n) is 8.16. The van der Waals surface area contributed by atoms with Crippen molar-refractivity contribution >= 4 is 5.91 Å². The van der Waals surface area contributed by atoms with Crippen molar-refractivity contribution in [1.29, 1.82) is 0 Å².